The van der Waals surface area contributed by atoms with Crippen molar-refractivity contribution in [2.24, 2.45) is 5.92 Å². The molecule has 0 aromatic heterocycles. The van der Waals surface area contributed by atoms with Crippen LogP contribution in [-0.4, -0.2) is 13.1 Å². The van der Waals surface area contributed by atoms with Crippen LogP contribution in [0.15, 0.2) is 23.8 Å². The third kappa shape index (κ3) is 5.18. The first-order valence-electron chi connectivity index (χ1n) is 6.44. The quantitative estimate of drug-likeness (QED) is 0.809. The fraction of sp³-hybridized carbons (Fsp3) is 0.500. The first kappa shape index (κ1) is 14.0. The highest BCUT2D eigenvalue weighted by Gasteiger charge is 1.97. The topological polar surface area (TPSA) is 12.0 Å². The van der Waals surface area contributed by atoms with E-state index < -0.39 is 0 Å². The predicted octanol–water partition coefficient (Wildman–Crippen LogP) is 3.95. The van der Waals surface area contributed by atoms with E-state index in [1.165, 1.54) is 22.3 Å². The normalized spacial score (nSPS) is 12.2. The van der Waals surface area contributed by atoms with Crippen LogP contribution in [0.25, 0.3) is 6.08 Å². The van der Waals surface area contributed by atoms with Crippen molar-refractivity contribution in [1.29, 1.82) is 0 Å². The fourth-order valence-corrected chi connectivity index (χ4v) is 1.86. The predicted molar refractivity (Wildman–Crippen MR) is 77.3 cm³/mol. The molecule has 1 N–H and O–H groups in total. The van der Waals surface area contributed by atoms with Crippen LogP contribution in [-0.2, 0) is 0 Å². The molecule has 17 heavy (non-hydrogen) atoms. The van der Waals surface area contributed by atoms with Crippen LogP contribution in [0.5, 0.6) is 0 Å². The summed E-state index contributed by atoms with van der Waals surface area (Å²) in [5, 5.41) is 3.47. The van der Waals surface area contributed by atoms with E-state index in [1.807, 2.05) is 0 Å². The van der Waals surface area contributed by atoms with Gasteiger partial charge in [0.2, 0.25) is 0 Å². The van der Waals surface area contributed by atoms with Gasteiger partial charge in [-0.15, -0.1) is 0 Å². The lowest BCUT2D eigenvalue weighted by Crippen LogP contribution is -2.21. The molecule has 94 valence electrons. The molecule has 1 aromatic rings. The Labute approximate surface area is 106 Å². The van der Waals surface area contributed by atoms with Crippen LogP contribution < -0.4 is 5.32 Å². The first-order chi connectivity index (χ1) is 7.99. The fourth-order valence-electron chi connectivity index (χ4n) is 1.86. The zero-order chi connectivity index (χ0) is 12.8. The molecule has 0 heterocycles. The monoisotopic (exact) mass is 231 g/mol. The molecule has 1 heteroatoms. The Morgan fingerprint density at radius 3 is 2.59 bits per heavy atom. The Morgan fingerprint density at radius 1 is 1.29 bits per heavy atom. The van der Waals surface area contributed by atoms with Gasteiger partial charge in [-0.05, 0) is 44.4 Å². The molecule has 0 radical (unpaired) electrons. The lowest BCUT2D eigenvalue weighted by Gasteiger charge is -2.08. The van der Waals surface area contributed by atoms with Crippen molar-refractivity contribution in [1.82, 2.24) is 5.32 Å². The van der Waals surface area contributed by atoms with Gasteiger partial charge < -0.3 is 5.32 Å². The van der Waals surface area contributed by atoms with E-state index in [-0.39, 0.29) is 0 Å². The summed E-state index contributed by atoms with van der Waals surface area (Å²) in [4.78, 5) is 0. The summed E-state index contributed by atoms with van der Waals surface area (Å²) in [5.74, 6) is 0.712. The van der Waals surface area contributed by atoms with Crippen LogP contribution >= 0.6 is 0 Å². The average Bonchev–Trinajstić information content (AvgIpc) is 2.21. The molecule has 0 fully saturated rings. The van der Waals surface area contributed by atoms with Crippen LogP contribution in [0.1, 0.15) is 37.5 Å². The molecular formula is C16H25N. The first-order valence-corrected chi connectivity index (χ1v) is 6.44. The third-order valence-corrected chi connectivity index (χ3v) is 2.78. The maximum Gasteiger partial charge on any atom is 0.0165 e. The smallest absolute Gasteiger partial charge is 0.0165 e. The number of aryl methyl sites for hydroxylation is 2. The summed E-state index contributed by atoms with van der Waals surface area (Å²) in [6.45, 7) is 13.0. The summed E-state index contributed by atoms with van der Waals surface area (Å²) < 4.78 is 0. The number of hydrogen-bond acceptors (Lipinski definition) is 1. The van der Waals surface area contributed by atoms with E-state index in [4.69, 9.17) is 0 Å². The van der Waals surface area contributed by atoms with Gasteiger partial charge in [-0.2, -0.15) is 0 Å². The maximum absolute atomic E-state index is 3.47. The van der Waals surface area contributed by atoms with Crippen molar-refractivity contribution in [3.63, 3.8) is 0 Å². The van der Waals surface area contributed by atoms with Crippen molar-refractivity contribution in [2.45, 2.75) is 34.6 Å². The molecule has 0 bridgehead atoms. The number of rotatable bonds is 5. The highest BCUT2D eigenvalue weighted by molar-refractivity contribution is 5.57. The van der Waals surface area contributed by atoms with Crippen LogP contribution in [0.4, 0.5) is 0 Å². The minimum absolute atomic E-state index is 0.712. The number of benzene rings is 1. The van der Waals surface area contributed by atoms with Gasteiger partial charge in [0.15, 0.2) is 0 Å². The zero-order valence-electron chi connectivity index (χ0n) is 11.8. The Kier molecular flexibility index (Phi) is 5.43. The second kappa shape index (κ2) is 6.61. The highest BCUT2D eigenvalue weighted by Crippen LogP contribution is 2.14. The Morgan fingerprint density at radius 2 is 2.00 bits per heavy atom. The minimum Gasteiger partial charge on any atom is -0.313 e. The van der Waals surface area contributed by atoms with Gasteiger partial charge in [0.05, 0.1) is 0 Å². The highest BCUT2D eigenvalue weighted by atomic mass is 14.8. The number of hydrogen-bond donors (Lipinski definition) is 1. The van der Waals surface area contributed by atoms with E-state index >= 15 is 0 Å². The molecule has 0 aliphatic carbocycles. The van der Waals surface area contributed by atoms with Crippen molar-refractivity contribution >= 4 is 6.08 Å². The Hall–Kier alpha value is -1.08. The summed E-state index contributed by atoms with van der Waals surface area (Å²) in [6, 6.07) is 6.62. The summed E-state index contributed by atoms with van der Waals surface area (Å²) in [7, 11) is 0. The van der Waals surface area contributed by atoms with E-state index in [2.05, 4.69) is 64.2 Å². The van der Waals surface area contributed by atoms with Gasteiger partial charge in [0.1, 0.15) is 0 Å². The molecular weight excluding hydrogens is 206 g/mol. The van der Waals surface area contributed by atoms with Gasteiger partial charge in [-0.25, -0.2) is 0 Å². The van der Waals surface area contributed by atoms with Crippen LogP contribution in [0.3, 0.4) is 0 Å². The van der Waals surface area contributed by atoms with Crippen molar-refractivity contribution < 1.29 is 0 Å². The van der Waals surface area contributed by atoms with E-state index in [9.17, 15) is 0 Å². The molecule has 0 saturated carbocycles. The maximum atomic E-state index is 3.47. The standard InChI is InChI=1S/C16H25N/c1-12(2)10-17-11-14(4)9-16-7-6-13(3)8-15(16)5/h6-9,12,17H,10-11H2,1-5H3. The molecule has 1 nitrogen and oxygen atoms in total. The third-order valence-electron chi connectivity index (χ3n) is 2.78. The average molecular weight is 231 g/mol. The van der Waals surface area contributed by atoms with Crippen LogP contribution in [0.2, 0.25) is 0 Å². The molecule has 1 rings (SSSR count). The largest absolute Gasteiger partial charge is 0.313 e. The molecule has 0 saturated heterocycles. The molecule has 0 aliphatic heterocycles. The van der Waals surface area contributed by atoms with Gasteiger partial charge in [-0.1, -0.05) is 49.3 Å². The molecule has 0 unspecified atom stereocenters. The van der Waals surface area contributed by atoms with Crippen LogP contribution in [0, 0.1) is 19.8 Å². The zero-order valence-corrected chi connectivity index (χ0v) is 11.8. The molecule has 0 aliphatic rings. The van der Waals surface area contributed by atoms with Crippen molar-refractivity contribution in [3.05, 3.63) is 40.5 Å². The molecule has 1 aromatic carbocycles. The van der Waals surface area contributed by atoms with Gasteiger partial charge in [-0.3, -0.25) is 0 Å². The SMILES string of the molecule is CC(=Cc1ccc(C)cc1C)CNCC(C)C. The summed E-state index contributed by atoms with van der Waals surface area (Å²) in [6.07, 6.45) is 2.28. The van der Waals surface area contributed by atoms with E-state index in [0.717, 1.165) is 13.1 Å². The lowest BCUT2D eigenvalue weighted by atomic mass is 10.0. The lowest BCUT2D eigenvalue weighted by molar-refractivity contribution is 0.572. The molecule has 0 atom stereocenters. The Bertz CT molecular complexity index is 389. The number of nitrogens with one attached hydrogen (secondary N) is 1. The summed E-state index contributed by atoms with van der Waals surface area (Å²) in [5.41, 5.74) is 5.40. The van der Waals surface area contributed by atoms with Gasteiger partial charge >= 0.3 is 0 Å². The Balaban J connectivity index is 2.61. The van der Waals surface area contributed by atoms with E-state index in [0.29, 0.717) is 5.92 Å². The second-order valence-corrected chi connectivity index (χ2v) is 5.38. The molecule has 0 spiro atoms. The van der Waals surface area contributed by atoms with E-state index in [1.54, 1.807) is 0 Å². The van der Waals surface area contributed by atoms with Gasteiger partial charge in [0, 0.05) is 6.54 Å². The van der Waals surface area contributed by atoms with Gasteiger partial charge in [0.25, 0.3) is 0 Å². The minimum atomic E-state index is 0.712. The van der Waals surface area contributed by atoms with Crippen molar-refractivity contribution in [3.8, 4) is 0 Å². The van der Waals surface area contributed by atoms with Crippen molar-refractivity contribution in [2.75, 3.05) is 13.1 Å². The summed E-state index contributed by atoms with van der Waals surface area (Å²) >= 11 is 0. The second-order valence-electron chi connectivity index (χ2n) is 5.38. The molecule has 0 amide bonds.